The van der Waals surface area contributed by atoms with E-state index in [0.717, 1.165) is 24.1 Å². The van der Waals surface area contributed by atoms with Gasteiger partial charge >= 0.3 is 0 Å². The maximum Gasteiger partial charge on any atom is 0.243 e. The molecule has 0 heterocycles. The van der Waals surface area contributed by atoms with Gasteiger partial charge in [-0.2, -0.15) is 0 Å². The smallest absolute Gasteiger partial charge is 0.243 e. The van der Waals surface area contributed by atoms with Crippen LogP contribution in [0.15, 0.2) is 84.9 Å². The summed E-state index contributed by atoms with van der Waals surface area (Å²) in [4.78, 5) is 12.2. The molecule has 0 aliphatic heterocycles. The standard InChI is InChI=1S/C24H26N2O2/c25-23(18-28-17-21-9-5-2-6-10-21)24(27)26-22-15-13-20(14-16-22)12-11-19-7-3-1-4-8-19/h1-10,13-16,23H,11-12,17-18,25H2,(H,26,27)/t23-/m0/s1. The van der Waals surface area contributed by atoms with Crippen LogP contribution in [0, 0.1) is 0 Å². The first-order valence-electron chi connectivity index (χ1n) is 9.52. The minimum Gasteiger partial charge on any atom is -0.375 e. The molecule has 0 fully saturated rings. The van der Waals surface area contributed by atoms with Gasteiger partial charge in [-0.25, -0.2) is 0 Å². The summed E-state index contributed by atoms with van der Waals surface area (Å²) in [6, 6.07) is 27.4. The molecule has 28 heavy (non-hydrogen) atoms. The summed E-state index contributed by atoms with van der Waals surface area (Å²) in [5.41, 5.74) is 10.3. The Bertz CT molecular complexity index is 849. The SMILES string of the molecule is N[C@@H](COCc1ccccc1)C(=O)Nc1ccc(CCc2ccccc2)cc1. The summed E-state index contributed by atoms with van der Waals surface area (Å²) >= 11 is 0. The third-order valence-electron chi connectivity index (χ3n) is 4.51. The molecule has 3 aromatic rings. The monoisotopic (exact) mass is 374 g/mol. The normalized spacial score (nSPS) is 11.8. The van der Waals surface area contributed by atoms with E-state index in [4.69, 9.17) is 10.5 Å². The Morgan fingerprint density at radius 2 is 1.32 bits per heavy atom. The Kier molecular flexibility index (Phi) is 7.36. The van der Waals surface area contributed by atoms with Gasteiger partial charge in [0, 0.05) is 5.69 Å². The van der Waals surface area contributed by atoms with Gasteiger partial charge in [0.1, 0.15) is 6.04 Å². The zero-order valence-corrected chi connectivity index (χ0v) is 15.9. The molecule has 0 saturated carbocycles. The van der Waals surface area contributed by atoms with Crippen LogP contribution >= 0.6 is 0 Å². The molecule has 3 rings (SSSR count). The van der Waals surface area contributed by atoms with E-state index in [9.17, 15) is 4.79 Å². The minimum absolute atomic E-state index is 0.176. The number of rotatable bonds is 9. The van der Waals surface area contributed by atoms with E-state index in [0.29, 0.717) is 6.61 Å². The molecule has 0 saturated heterocycles. The van der Waals surface area contributed by atoms with Crippen molar-refractivity contribution in [3.05, 3.63) is 102 Å². The van der Waals surface area contributed by atoms with Crippen molar-refractivity contribution in [3.8, 4) is 0 Å². The van der Waals surface area contributed by atoms with E-state index in [2.05, 4.69) is 29.6 Å². The van der Waals surface area contributed by atoms with Crippen molar-refractivity contribution in [2.75, 3.05) is 11.9 Å². The van der Waals surface area contributed by atoms with Crippen LogP contribution in [0.4, 0.5) is 5.69 Å². The largest absolute Gasteiger partial charge is 0.375 e. The maximum absolute atomic E-state index is 12.2. The van der Waals surface area contributed by atoms with Gasteiger partial charge in [0.15, 0.2) is 0 Å². The average molecular weight is 374 g/mol. The van der Waals surface area contributed by atoms with Crippen LogP contribution in [-0.2, 0) is 29.0 Å². The lowest BCUT2D eigenvalue weighted by Gasteiger charge is -2.13. The van der Waals surface area contributed by atoms with Crippen LogP contribution in [0.1, 0.15) is 16.7 Å². The zero-order valence-electron chi connectivity index (χ0n) is 15.9. The molecular weight excluding hydrogens is 348 g/mol. The van der Waals surface area contributed by atoms with Crippen molar-refractivity contribution < 1.29 is 9.53 Å². The van der Waals surface area contributed by atoms with Crippen molar-refractivity contribution in [1.82, 2.24) is 0 Å². The predicted molar refractivity (Wildman–Crippen MR) is 113 cm³/mol. The van der Waals surface area contributed by atoms with E-state index in [1.54, 1.807) is 0 Å². The van der Waals surface area contributed by atoms with Crippen LogP contribution in [0.25, 0.3) is 0 Å². The lowest BCUT2D eigenvalue weighted by molar-refractivity contribution is -0.118. The van der Waals surface area contributed by atoms with E-state index < -0.39 is 6.04 Å². The van der Waals surface area contributed by atoms with Crippen molar-refractivity contribution in [2.24, 2.45) is 5.73 Å². The van der Waals surface area contributed by atoms with Crippen LogP contribution in [0.5, 0.6) is 0 Å². The second-order valence-electron chi connectivity index (χ2n) is 6.78. The molecule has 3 N–H and O–H groups in total. The first-order chi connectivity index (χ1) is 13.7. The summed E-state index contributed by atoms with van der Waals surface area (Å²) in [6.07, 6.45) is 1.96. The molecule has 0 unspecified atom stereocenters. The molecule has 4 heteroatoms. The summed E-state index contributed by atoms with van der Waals surface area (Å²) in [5, 5.41) is 2.85. The Balaban J connectivity index is 1.41. The third-order valence-corrected chi connectivity index (χ3v) is 4.51. The Morgan fingerprint density at radius 3 is 1.93 bits per heavy atom. The highest BCUT2D eigenvalue weighted by Gasteiger charge is 2.13. The topological polar surface area (TPSA) is 64.3 Å². The van der Waals surface area contributed by atoms with Gasteiger partial charge in [-0.15, -0.1) is 0 Å². The highest BCUT2D eigenvalue weighted by Crippen LogP contribution is 2.13. The van der Waals surface area contributed by atoms with Crippen molar-refractivity contribution in [2.45, 2.75) is 25.5 Å². The van der Waals surface area contributed by atoms with Gasteiger partial charge in [-0.1, -0.05) is 72.8 Å². The number of ether oxygens (including phenoxy) is 1. The molecule has 0 aromatic heterocycles. The fourth-order valence-corrected chi connectivity index (χ4v) is 2.88. The highest BCUT2D eigenvalue weighted by molar-refractivity contribution is 5.94. The second-order valence-corrected chi connectivity index (χ2v) is 6.78. The highest BCUT2D eigenvalue weighted by atomic mass is 16.5. The number of nitrogens with one attached hydrogen (secondary N) is 1. The molecule has 3 aromatic carbocycles. The van der Waals surface area contributed by atoms with E-state index in [1.807, 2.05) is 60.7 Å². The lowest BCUT2D eigenvalue weighted by atomic mass is 10.0. The Morgan fingerprint density at radius 1 is 0.786 bits per heavy atom. The van der Waals surface area contributed by atoms with Gasteiger partial charge in [-0.05, 0) is 41.7 Å². The Labute approximate surface area is 166 Å². The van der Waals surface area contributed by atoms with Crippen LogP contribution < -0.4 is 11.1 Å². The van der Waals surface area contributed by atoms with Gasteiger partial charge in [0.05, 0.1) is 13.2 Å². The molecule has 144 valence electrons. The van der Waals surface area contributed by atoms with Gasteiger partial charge < -0.3 is 15.8 Å². The van der Waals surface area contributed by atoms with E-state index >= 15 is 0 Å². The Hall–Kier alpha value is -2.95. The third kappa shape index (κ3) is 6.34. The summed E-state index contributed by atoms with van der Waals surface area (Å²) < 4.78 is 5.55. The van der Waals surface area contributed by atoms with Crippen LogP contribution in [-0.4, -0.2) is 18.6 Å². The van der Waals surface area contributed by atoms with Crippen molar-refractivity contribution in [3.63, 3.8) is 0 Å². The van der Waals surface area contributed by atoms with Crippen LogP contribution in [0.2, 0.25) is 0 Å². The first kappa shape index (κ1) is 19.8. The number of carbonyl (C=O) groups excluding carboxylic acids is 1. The van der Waals surface area contributed by atoms with Crippen molar-refractivity contribution in [1.29, 1.82) is 0 Å². The van der Waals surface area contributed by atoms with Crippen LogP contribution in [0.3, 0.4) is 0 Å². The molecule has 0 aliphatic rings. The number of amides is 1. The van der Waals surface area contributed by atoms with Crippen molar-refractivity contribution >= 4 is 11.6 Å². The fraction of sp³-hybridized carbons (Fsp3) is 0.208. The molecule has 0 aliphatic carbocycles. The molecule has 0 spiro atoms. The number of hydrogen-bond acceptors (Lipinski definition) is 3. The molecular formula is C24H26N2O2. The second kappa shape index (κ2) is 10.4. The zero-order chi connectivity index (χ0) is 19.6. The maximum atomic E-state index is 12.2. The summed E-state index contributed by atoms with van der Waals surface area (Å²) in [7, 11) is 0. The summed E-state index contributed by atoms with van der Waals surface area (Å²) in [5.74, 6) is -0.245. The molecule has 0 bridgehead atoms. The fourth-order valence-electron chi connectivity index (χ4n) is 2.88. The van der Waals surface area contributed by atoms with E-state index in [-0.39, 0.29) is 12.5 Å². The predicted octanol–water partition coefficient (Wildman–Crippen LogP) is 3.95. The van der Waals surface area contributed by atoms with E-state index in [1.165, 1.54) is 11.1 Å². The molecule has 1 amide bonds. The first-order valence-corrected chi connectivity index (χ1v) is 9.52. The molecule has 0 radical (unpaired) electrons. The van der Waals surface area contributed by atoms with Gasteiger partial charge in [0.25, 0.3) is 0 Å². The number of benzene rings is 3. The lowest BCUT2D eigenvalue weighted by Crippen LogP contribution is -2.39. The van der Waals surface area contributed by atoms with Gasteiger partial charge in [-0.3, -0.25) is 4.79 Å². The number of carbonyl (C=O) groups is 1. The molecule has 4 nitrogen and oxygen atoms in total. The quantitative estimate of drug-likeness (QED) is 0.596. The summed E-state index contributed by atoms with van der Waals surface area (Å²) in [6.45, 7) is 0.619. The minimum atomic E-state index is -0.707. The molecule has 1 atom stereocenters. The number of aryl methyl sites for hydroxylation is 2. The number of anilines is 1. The average Bonchev–Trinajstić information content (AvgIpc) is 2.74. The van der Waals surface area contributed by atoms with Gasteiger partial charge in [0.2, 0.25) is 5.91 Å². The number of nitrogens with two attached hydrogens (primary N) is 1. The number of hydrogen-bond donors (Lipinski definition) is 2.